The lowest BCUT2D eigenvalue weighted by molar-refractivity contribution is -0.148. The SMILES string of the molecule is Cc1ccc2nc(COC(=O)CN3C(=O)NC(C)(C)C3=O)cc(=O)n2c1. The maximum Gasteiger partial charge on any atom is 0.326 e. The molecule has 0 unspecified atom stereocenters. The Bertz CT molecular complexity index is 979. The Morgan fingerprint density at radius 1 is 1.27 bits per heavy atom. The van der Waals surface area contributed by atoms with Crippen LogP contribution < -0.4 is 10.9 Å². The number of esters is 1. The van der Waals surface area contributed by atoms with Gasteiger partial charge in [0.1, 0.15) is 24.3 Å². The second-order valence-electron chi connectivity index (χ2n) is 6.63. The molecule has 3 amide bonds. The van der Waals surface area contributed by atoms with Crippen molar-refractivity contribution in [1.29, 1.82) is 0 Å². The van der Waals surface area contributed by atoms with E-state index in [-0.39, 0.29) is 17.9 Å². The molecule has 1 fully saturated rings. The van der Waals surface area contributed by atoms with Crippen LogP contribution in [0.15, 0.2) is 29.2 Å². The zero-order valence-corrected chi connectivity index (χ0v) is 14.6. The Morgan fingerprint density at radius 2 is 2.00 bits per heavy atom. The maximum atomic E-state index is 12.1. The van der Waals surface area contributed by atoms with Gasteiger partial charge in [0.15, 0.2) is 0 Å². The highest BCUT2D eigenvalue weighted by atomic mass is 16.5. The normalized spacial score (nSPS) is 16.0. The first kappa shape index (κ1) is 17.6. The van der Waals surface area contributed by atoms with E-state index in [9.17, 15) is 19.2 Å². The van der Waals surface area contributed by atoms with Gasteiger partial charge in [-0.1, -0.05) is 6.07 Å². The molecule has 0 aromatic carbocycles. The van der Waals surface area contributed by atoms with E-state index in [1.54, 1.807) is 26.1 Å². The van der Waals surface area contributed by atoms with Gasteiger partial charge in [0, 0.05) is 12.3 Å². The van der Waals surface area contributed by atoms with Crippen LogP contribution in [0.1, 0.15) is 25.1 Å². The lowest BCUT2D eigenvalue weighted by Gasteiger charge is -2.15. The van der Waals surface area contributed by atoms with E-state index in [0.717, 1.165) is 10.5 Å². The summed E-state index contributed by atoms with van der Waals surface area (Å²) in [6.07, 6.45) is 1.67. The van der Waals surface area contributed by atoms with Crippen LogP contribution in [-0.4, -0.2) is 44.3 Å². The number of aryl methyl sites for hydroxylation is 1. The van der Waals surface area contributed by atoms with Gasteiger partial charge in [-0.25, -0.2) is 9.78 Å². The molecule has 9 heteroatoms. The van der Waals surface area contributed by atoms with Crippen molar-refractivity contribution >= 4 is 23.6 Å². The summed E-state index contributed by atoms with van der Waals surface area (Å²) in [7, 11) is 0. The number of ether oxygens (including phenoxy) is 1. The van der Waals surface area contributed by atoms with Crippen molar-refractivity contribution in [3.8, 4) is 0 Å². The van der Waals surface area contributed by atoms with Gasteiger partial charge < -0.3 is 10.1 Å². The molecule has 1 aliphatic rings. The first-order chi connectivity index (χ1) is 12.2. The number of urea groups is 1. The summed E-state index contributed by atoms with van der Waals surface area (Å²) in [5, 5.41) is 2.48. The minimum absolute atomic E-state index is 0.231. The van der Waals surface area contributed by atoms with E-state index < -0.39 is 30.0 Å². The summed E-state index contributed by atoms with van der Waals surface area (Å²) in [5.41, 5.74) is 0.289. The minimum Gasteiger partial charge on any atom is -0.458 e. The summed E-state index contributed by atoms with van der Waals surface area (Å²) in [5.74, 6) is -1.27. The van der Waals surface area contributed by atoms with Gasteiger partial charge in [-0.3, -0.25) is 23.7 Å². The molecule has 3 heterocycles. The second kappa shape index (κ2) is 6.25. The Balaban J connectivity index is 1.68. The molecule has 2 aromatic heterocycles. The second-order valence-corrected chi connectivity index (χ2v) is 6.63. The Kier molecular flexibility index (Phi) is 4.23. The zero-order chi connectivity index (χ0) is 19.1. The molecule has 0 aliphatic carbocycles. The summed E-state index contributed by atoms with van der Waals surface area (Å²) in [6.45, 7) is 4.23. The molecule has 0 radical (unpaired) electrons. The molecule has 2 aromatic rings. The number of hydrogen-bond donors (Lipinski definition) is 1. The fraction of sp³-hybridized carbons (Fsp3) is 0.353. The molecule has 26 heavy (non-hydrogen) atoms. The van der Waals surface area contributed by atoms with E-state index in [1.807, 2.05) is 13.0 Å². The van der Waals surface area contributed by atoms with Crippen LogP contribution in [0.2, 0.25) is 0 Å². The number of fused-ring (bicyclic) bond motifs is 1. The average molecular weight is 358 g/mol. The van der Waals surface area contributed by atoms with E-state index in [2.05, 4.69) is 10.3 Å². The summed E-state index contributed by atoms with van der Waals surface area (Å²) < 4.78 is 6.46. The van der Waals surface area contributed by atoms with Crippen LogP contribution in [0, 0.1) is 6.92 Å². The lowest BCUT2D eigenvalue weighted by Crippen LogP contribution is -2.41. The van der Waals surface area contributed by atoms with Gasteiger partial charge in [-0.2, -0.15) is 0 Å². The molecule has 0 atom stereocenters. The fourth-order valence-corrected chi connectivity index (χ4v) is 2.62. The van der Waals surface area contributed by atoms with Crippen LogP contribution in [0.5, 0.6) is 0 Å². The minimum atomic E-state index is -1.05. The molecule has 0 bridgehead atoms. The number of imide groups is 1. The van der Waals surface area contributed by atoms with Crippen LogP contribution in [0.4, 0.5) is 4.79 Å². The quantitative estimate of drug-likeness (QED) is 0.625. The number of carbonyl (C=O) groups excluding carboxylic acids is 3. The smallest absolute Gasteiger partial charge is 0.326 e. The first-order valence-electron chi connectivity index (χ1n) is 7.96. The van der Waals surface area contributed by atoms with Crippen molar-refractivity contribution in [3.05, 3.63) is 46.0 Å². The summed E-state index contributed by atoms with van der Waals surface area (Å²) in [4.78, 5) is 52.9. The number of carbonyl (C=O) groups is 3. The van der Waals surface area contributed by atoms with Crippen molar-refractivity contribution < 1.29 is 19.1 Å². The highest BCUT2D eigenvalue weighted by molar-refractivity contribution is 6.08. The van der Waals surface area contributed by atoms with Crippen molar-refractivity contribution in [3.63, 3.8) is 0 Å². The predicted octanol–water partition coefficient (Wildman–Crippen LogP) is 0.377. The Hall–Kier alpha value is -3.23. The summed E-state index contributed by atoms with van der Waals surface area (Å²) >= 11 is 0. The van der Waals surface area contributed by atoms with Gasteiger partial charge in [-0.15, -0.1) is 0 Å². The molecule has 9 nitrogen and oxygen atoms in total. The fourth-order valence-electron chi connectivity index (χ4n) is 2.62. The summed E-state index contributed by atoms with van der Waals surface area (Å²) in [6, 6.07) is 4.14. The largest absolute Gasteiger partial charge is 0.458 e. The van der Waals surface area contributed by atoms with Crippen LogP contribution in [-0.2, 0) is 20.9 Å². The lowest BCUT2D eigenvalue weighted by atomic mass is 10.1. The molecular formula is C17H18N4O5. The molecule has 0 saturated carbocycles. The van der Waals surface area contributed by atoms with Gasteiger partial charge in [0.2, 0.25) is 0 Å². The third-order valence-corrected chi connectivity index (χ3v) is 3.97. The third kappa shape index (κ3) is 3.28. The average Bonchev–Trinajstić information content (AvgIpc) is 2.75. The van der Waals surface area contributed by atoms with E-state index in [0.29, 0.717) is 5.65 Å². The molecule has 0 spiro atoms. The highest BCUT2D eigenvalue weighted by Crippen LogP contribution is 2.16. The number of aromatic nitrogens is 2. The molecule has 136 valence electrons. The van der Waals surface area contributed by atoms with Crippen molar-refractivity contribution in [2.24, 2.45) is 0 Å². The van der Waals surface area contributed by atoms with Crippen molar-refractivity contribution in [2.45, 2.75) is 32.9 Å². The van der Waals surface area contributed by atoms with Crippen LogP contribution in [0.25, 0.3) is 5.65 Å². The predicted molar refractivity (Wildman–Crippen MR) is 90.3 cm³/mol. The molecule has 1 saturated heterocycles. The van der Waals surface area contributed by atoms with Crippen molar-refractivity contribution in [2.75, 3.05) is 6.54 Å². The van der Waals surface area contributed by atoms with Crippen LogP contribution >= 0.6 is 0 Å². The number of rotatable bonds is 4. The Morgan fingerprint density at radius 3 is 2.65 bits per heavy atom. The Labute approximate surface area is 148 Å². The third-order valence-electron chi connectivity index (χ3n) is 3.97. The van der Waals surface area contributed by atoms with Gasteiger partial charge >= 0.3 is 12.0 Å². The van der Waals surface area contributed by atoms with Gasteiger partial charge in [-0.05, 0) is 32.4 Å². The van der Waals surface area contributed by atoms with Gasteiger partial charge in [0.05, 0.1) is 5.69 Å². The van der Waals surface area contributed by atoms with Gasteiger partial charge in [0.25, 0.3) is 11.5 Å². The van der Waals surface area contributed by atoms with Crippen LogP contribution in [0.3, 0.4) is 0 Å². The first-order valence-corrected chi connectivity index (χ1v) is 7.96. The van der Waals surface area contributed by atoms with E-state index >= 15 is 0 Å². The molecule has 1 N–H and O–H groups in total. The highest BCUT2D eigenvalue weighted by Gasteiger charge is 2.45. The van der Waals surface area contributed by atoms with E-state index in [1.165, 1.54) is 10.5 Å². The van der Waals surface area contributed by atoms with E-state index in [4.69, 9.17) is 4.74 Å². The zero-order valence-electron chi connectivity index (χ0n) is 14.6. The molecule has 1 aliphatic heterocycles. The molecule has 3 rings (SSSR count). The molecular weight excluding hydrogens is 340 g/mol. The standard InChI is InChI=1S/C17H18N4O5/c1-10-4-5-12-18-11(6-13(22)20(12)7-10)9-26-14(23)8-21-15(24)17(2,3)19-16(21)25/h4-7H,8-9H2,1-3H3,(H,19,25). The monoisotopic (exact) mass is 358 g/mol. The topological polar surface area (TPSA) is 110 Å². The number of pyridine rings is 1. The maximum absolute atomic E-state index is 12.1. The number of amides is 3. The number of hydrogen-bond acceptors (Lipinski definition) is 6. The number of nitrogens with one attached hydrogen (secondary N) is 1. The van der Waals surface area contributed by atoms with Crippen molar-refractivity contribution in [1.82, 2.24) is 19.6 Å². The number of nitrogens with zero attached hydrogens (tertiary/aromatic N) is 3.